The third-order valence-electron chi connectivity index (χ3n) is 3.55. The van der Waals surface area contributed by atoms with Gasteiger partial charge in [-0.2, -0.15) is 0 Å². The molecule has 20 heavy (non-hydrogen) atoms. The molecular weight excluding hydrogens is 264 g/mol. The lowest BCUT2D eigenvalue weighted by molar-refractivity contribution is -0.150. The number of carbonyl (C=O) groups is 3. The van der Waals surface area contributed by atoms with Gasteiger partial charge in [-0.3, -0.25) is 14.5 Å². The molecule has 0 aromatic rings. The Bertz CT molecular complexity index is 398. The summed E-state index contributed by atoms with van der Waals surface area (Å²) in [5, 5.41) is 0. The fourth-order valence-corrected chi connectivity index (χ4v) is 2.55. The molecule has 0 N–H and O–H groups in total. The number of esters is 1. The van der Waals surface area contributed by atoms with E-state index in [1.54, 1.807) is 6.92 Å². The molecule has 112 valence electrons. The Morgan fingerprint density at radius 3 is 2.85 bits per heavy atom. The van der Waals surface area contributed by atoms with Gasteiger partial charge in [0.15, 0.2) is 0 Å². The van der Waals surface area contributed by atoms with Crippen LogP contribution in [-0.2, 0) is 19.1 Å². The number of likely N-dealkylation sites (tertiary alicyclic amines) is 1. The van der Waals surface area contributed by atoms with Crippen LogP contribution in [0.3, 0.4) is 0 Å². The molecule has 0 aromatic heterocycles. The van der Waals surface area contributed by atoms with Gasteiger partial charge in [0.05, 0.1) is 25.6 Å². The Balaban J connectivity index is 1.84. The lowest BCUT2D eigenvalue weighted by atomic mass is 9.98. The van der Waals surface area contributed by atoms with E-state index in [4.69, 9.17) is 9.47 Å². The van der Waals surface area contributed by atoms with E-state index in [1.165, 1.54) is 0 Å². The first-order valence-electron chi connectivity index (χ1n) is 6.98. The molecule has 0 bridgehead atoms. The van der Waals surface area contributed by atoms with Crippen molar-refractivity contribution in [3.05, 3.63) is 0 Å². The van der Waals surface area contributed by atoms with Gasteiger partial charge in [-0.15, -0.1) is 0 Å². The average molecular weight is 284 g/mol. The number of hydrogen-bond donors (Lipinski definition) is 0. The smallest absolute Gasteiger partial charge is 0.416 e. The van der Waals surface area contributed by atoms with Gasteiger partial charge in [0.25, 0.3) is 0 Å². The molecule has 7 nitrogen and oxygen atoms in total. The van der Waals surface area contributed by atoms with E-state index in [0.29, 0.717) is 19.7 Å². The molecule has 0 aliphatic carbocycles. The largest absolute Gasteiger partial charge is 0.466 e. The number of cyclic esters (lactones) is 1. The second-order valence-electron chi connectivity index (χ2n) is 4.99. The van der Waals surface area contributed by atoms with E-state index in [-0.39, 0.29) is 30.9 Å². The predicted molar refractivity (Wildman–Crippen MR) is 68.9 cm³/mol. The number of piperidine rings is 1. The Morgan fingerprint density at radius 1 is 1.40 bits per heavy atom. The summed E-state index contributed by atoms with van der Waals surface area (Å²) < 4.78 is 9.76. The summed E-state index contributed by atoms with van der Waals surface area (Å²) in [7, 11) is 0. The van der Waals surface area contributed by atoms with Gasteiger partial charge in [-0.25, -0.2) is 9.69 Å². The highest BCUT2D eigenvalue weighted by Crippen LogP contribution is 2.18. The summed E-state index contributed by atoms with van der Waals surface area (Å²) in [5.74, 6) is -0.649. The first-order valence-corrected chi connectivity index (χ1v) is 6.98. The first-order chi connectivity index (χ1) is 9.61. The zero-order chi connectivity index (χ0) is 14.5. The van der Waals surface area contributed by atoms with E-state index in [0.717, 1.165) is 24.3 Å². The molecule has 0 saturated carbocycles. The van der Waals surface area contributed by atoms with E-state index in [2.05, 4.69) is 0 Å². The Hall–Kier alpha value is -1.63. The van der Waals surface area contributed by atoms with E-state index >= 15 is 0 Å². The second-order valence-corrected chi connectivity index (χ2v) is 4.99. The highest BCUT2D eigenvalue weighted by molar-refractivity contribution is 5.94. The summed E-state index contributed by atoms with van der Waals surface area (Å²) >= 11 is 0. The molecular formula is C13H20N2O5. The lowest BCUT2D eigenvalue weighted by Crippen LogP contribution is -2.46. The molecule has 2 saturated heterocycles. The average Bonchev–Trinajstić information content (AvgIpc) is 2.85. The summed E-state index contributed by atoms with van der Waals surface area (Å²) in [6.07, 6.45) is 1.06. The van der Waals surface area contributed by atoms with Crippen LogP contribution in [0.2, 0.25) is 0 Å². The van der Waals surface area contributed by atoms with Gasteiger partial charge in [0.2, 0.25) is 5.91 Å². The van der Waals surface area contributed by atoms with Crippen molar-refractivity contribution in [3.8, 4) is 0 Å². The first kappa shape index (κ1) is 14.8. The number of ether oxygens (including phenoxy) is 2. The third kappa shape index (κ3) is 3.47. The van der Waals surface area contributed by atoms with Crippen LogP contribution in [0.1, 0.15) is 19.8 Å². The quantitative estimate of drug-likeness (QED) is 0.688. The van der Waals surface area contributed by atoms with Gasteiger partial charge in [-0.1, -0.05) is 0 Å². The van der Waals surface area contributed by atoms with Crippen LogP contribution in [0.15, 0.2) is 0 Å². The Labute approximate surface area is 117 Å². The maximum absolute atomic E-state index is 12.0. The predicted octanol–water partition coefficient (Wildman–Crippen LogP) is 0.240. The van der Waals surface area contributed by atoms with Gasteiger partial charge < -0.3 is 9.47 Å². The fourth-order valence-electron chi connectivity index (χ4n) is 2.55. The van der Waals surface area contributed by atoms with Crippen molar-refractivity contribution < 1.29 is 23.9 Å². The van der Waals surface area contributed by atoms with Crippen molar-refractivity contribution in [2.75, 3.05) is 39.4 Å². The minimum Gasteiger partial charge on any atom is -0.466 e. The van der Waals surface area contributed by atoms with Crippen molar-refractivity contribution in [1.29, 1.82) is 0 Å². The summed E-state index contributed by atoms with van der Waals surface area (Å²) in [6.45, 7) is 4.13. The zero-order valence-electron chi connectivity index (χ0n) is 11.7. The van der Waals surface area contributed by atoms with Crippen LogP contribution in [0.4, 0.5) is 4.79 Å². The van der Waals surface area contributed by atoms with Crippen LogP contribution >= 0.6 is 0 Å². The van der Waals surface area contributed by atoms with Gasteiger partial charge >= 0.3 is 12.1 Å². The topological polar surface area (TPSA) is 76.2 Å². The molecule has 2 rings (SSSR count). The monoisotopic (exact) mass is 284 g/mol. The molecule has 7 heteroatoms. The van der Waals surface area contributed by atoms with Crippen LogP contribution in [0.25, 0.3) is 0 Å². The van der Waals surface area contributed by atoms with Gasteiger partial charge in [-0.05, 0) is 26.3 Å². The van der Waals surface area contributed by atoms with Crippen molar-refractivity contribution in [1.82, 2.24) is 9.80 Å². The minimum atomic E-state index is -0.575. The second kappa shape index (κ2) is 6.69. The normalized spacial score (nSPS) is 23.6. The lowest BCUT2D eigenvalue weighted by Gasteiger charge is -2.31. The minimum absolute atomic E-state index is 0.144. The van der Waals surface area contributed by atoms with E-state index < -0.39 is 6.09 Å². The maximum Gasteiger partial charge on any atom is 0.416 e. The fraction of sp³-hybridized carbons (Fsp3) is 0.769. The number of amides is 2. The van der Waals surface area contributed by atoms with Crippen molar-refractivity contribution in [2.45, 2.75) is 19.8 Å². The molecule has 2 fully saturated rings. The van der Waals surface area contributed by atoms with Crippen LogP contribution in [-0.4, -0.2) is 67.2 Å². The van der Waals surface area contributed by atoms with Crippen molar-refractivity contribution >= 4 is 18.0 Å². The molecule has 1 atom stereocenters. The van der Waals surface area contributed by atoms with Crippen molar-refractivity contribution in [2.24, 2.45) is 5.92 Å². The molecule has 0 unspecified atom stereocenters. The molecule has 0 aromatic carbocycles. The maximum atomic E-state index is 12.0. The molecule has 0 spiro atoms. The van der Waals surface area contributed by atoms with Gasteiger partial charge in [0.1, 0.15) is 6.61 Å². The van der Waals surface area contributed by atoms with Gasteiger partial charge in [0, 0.05) is 6.54 Å². The van der Waals surface area contributed by atoms with Crippen LogP contribution in [0.5, 0.6) is 0 Å². The molecule has 2 amide bonds. The highest BCUT2D eigenvalue weighted by Gasteiger charge is 2.32. The number of rotatable bonds is 4. The number of carbonyl (C=O) groups excluding carboxylic acids is 3. The van der Waals surface area contributed by atoms with E-state index in [1.807, 2.05) is 4.90 Å². The number of imide groups is 1. The third-order valence-corrected chi connectivity index (χ3v) is 3.55. The molecule has 2 aliphatic heterocycles. The molecule has 2 heterocycles. The summed E-state index contributed by atoms with van der Waals surface area (Å²) in [6, 6.07) is 0. The highest BCUT2D eigenvalue weighted by atomic mass is 16.6. The molecule has 0 radical (unpaired) electrons. The number of nitrogens with zero attached hydrogens (tertiary/aromatic N) is 2. The van der Waals surface area contributed by atoms with Crippen LogP contribution in [0, 0.1) is 5.92 Å². The summed E-state index contributed by atoms with van der Waals surface area (Å²) in [5.41, 5.74) is 0. The van der Waals surface area contributed by atoms with E-state index in [9.17, 15) is 14.4 Å². The summed E-state index contributed by atoms with van der Waals surface area (Å²) in [4.78, 5) is 38.0. The SMILES string of the molecule is CCOC(=O)[C@H]1CCCN(CC(=O)N2CCOC2=O)C1. The van der Waals surface area contributed by atoms with Crippen molar-refractivity contribution in [3.63, 3.8) is 0 Å². The van der Waals surface area contributed by atoms with Crippen LogP contribution < -0.4 is 0 Å². The Morgan fingerprint density at radius 2 is 2.20 bits per heavy atom. The standard InChI is InChI=1S/C13H20N2O5/c1-2-19-12(17)10-4-3-5-14(8-10)9-11(16)15-6-7-20-13(15)18/h10H,2-9H2,1H3/t10-/m0/s1. The number of hydrogen-bond acceptors (Lipinski definition) is 6. The Kier molecular flexibility index (Phi) is 4.94. The molecule has 2 aliphatic rings. The zero-order valence-corrected chi connectivity index (χ0v) is 11.7.